The number of anilines is 1. The predicted octanol–water partition coefficient (Wildman–Crippen LogP) is 3.31. The van der Waals surface area contributed by atoms with Crippen molar-refractivity contribution in [1.29, 1.82) is 0 Å². The quantitative estimate of drug-likeness (QED) is 0.789. The molecule has 1 atom stereocenters. The Bertz CT molecular complexity index is 409. The number of amides is 1. The number of hydrogen-bond donors (Lipinski definition) is 2. The van der Waals surface area contributed by atoms with Crippen LogP contribution in [0.3, 0.4) is 0 Å². The smallest absolute Gasteiger partial charge is 0.224 e. The first-order chi connectivity index (χ1) is 9.17. The fourth-order valence-electron chi connectivity index (χ4n) is 1.93. The van der Waals surface area contributed by atoms with Gasteiger partial charge in [-0.2, -0.15) is 0 Å². The summed E-state index contributed by atoms with van der Waals surface area (Å²) in [4.78, 5) is 11.8. The van der Waals surface area contributed by atoms with Gasteiger partial charge in [0, 0.05) is 24.7 Å². The maximum atomic E-state index is 11.8. The van der Waals surface area contributed by atoms with Crippen LogP contribution in [0, 0.1) is 5.92 Å². The summed E-state index contributed by atoms with van der Waals surface area (Å²) in [5.41, 5.74) is 2.16. The van der Waals surface area contributed by atoms with E-state index in [1.165, 1.54) is 18.4 Å². The monoisotopic (exact) mass is 260 g/mol. The van der Waals surface area contributed by atoms with Crippen LogP contribution in [0.4, 0.5) is 5.69 Å². The van der Waals surface area contributed by atoms with Crippen LogP contribution in [0.2, 0.25) is 0 Å². The van der Waals surface area contributed by atoms with Gasteiger partial charge in [-0.15, -0.1) is 0 Å². The Kier molecular flexibility index (Phi) is 4.97. The molecule has 0 aromatic heterocycles. The van der Waals surface area contributed by atoms with E-state index in [0.717, 1.165) is 24.7 Å². The zero-order chi connectivity index (χ0) is 13.7. The van der Waals surface area contributed by atoms with Crippen molar-refractivity contribution >= 4 is 11.6 Å². The first-order valence-electron chi connectivity index (χ1n) is 7.29. The molecular formula is C16H24N2O. The molecule has 1 aromatic rings. The molecule has 1 fully saturated rings. The zero-order valence-electron chi connectivity index (χ0n) is 11.9. The summed E-state index contributed by atoms with van der Waals surface area (Å²) in [5.74, 6) is 0.556. The van der Waals surface area contributed by atoms with E-state index in [2.05, 4.69) is 36.6 Å². The molecule has 0 heterocycles. The van der Waals surface area contributed by atoms with E-state index < -0.39 is 0 Å². The van der Waals surface area contributed by atoms with E-state index in [1.807, 2.05) is 12.1 Å². The lowest BCUT2D eigenvalue weighted by atomic mass is 10.0. The molecule has 1 aliphatic rings. The third-order valence-electron chi connectivity index (χ3n) is 3.64. The predicted molar refractivity (Wildman–Crippen MR) is 79.0 cm³/mol. The van der Waals surface area contributed by atoms with Crippen molar-refractivity contribution in [3.05, 3.63) is 29.8 Å². The SMILES string of the molecule is CCC(C)CC(=O)Nc1ccc(CNC2CC2)cc1. The molecule has 19 heavy (non-hydrogen) atoms. The molecule has 0 aliphatic heterocycles. The largest absolute Gasteiger partial charge is 0.326 e. The number of carbonyl (C=O) groups excluding carboxylic acids is 1. The molecule has 0 bridgehead atoms. The van der Waals surface area contributed by atoms with Crippen molar-refractivity contribution in [2.45, 2.75) is 52.1 Å². The lowest BCUT2D eigenvalue weighted by Crippen LogP contribution is -2.16. The van der Waals surface area contributed by atoms with Crippen molar-refractivity contribution in [3.8, 4) is 0 Å². The van der Waals surface area contributed by atoms with Crippen LogP contribution in [0.15, 0.2) is 24.3 Å². The van der Waals surface area contributed by atoms with Gasteiger partial charge in [-0.1, -0.05) is 32.4 Å². The van der Waals surface area contributed by atoms with Crippen molar-refractivity contribution in [2.75, 3.05) is 5.32 Å². The highest BCUT2D eigenvalue weighted by Crippen LogP contribution is 2.19. The highest BCUT2D eigenvalue weighted by Gasteiger charge is 2.19. The lowest BCUT2D eigenvalue weighted by Gasteiger charge is -2.10. The Labute approximate surface area is 115 Å². The van der Waals surface area contributed by atoms with Crippen LogP contribution in [0.1, 0.15) is 45.1 Å². The minimum absolute atomic E-state index is 0.109. The second-order valence-corrected chi connectivity index (χ2v) is 5.62. The van der Waals surface area contributed by atoms with Gasteiger partial charge in [0.15, 0.2) is 0 Å². The molecule has 3 nitrogen and oxygen atoms in total. The molecule has 1 aliphatic carbocycles. The van der Waals surface area contributed by atoms with Gasteiger partial charge in [0.25, 0.3) is 0 Å². The molecule has 2 rings (SSSR count). The molecule has 0 radical (unpaired) electrons. The summed E-state index contributed by atoms with van der Waals surface area (Å²) in [7, 11) is 0. The van der Waals surface area contributed by atoms with Crippen molar-refractivity contribution in [1.82, 2.24) is 5.32 Å². The van der Waals surface area contributed by atoms with Crippen molar-refractivity contribution in [2.24, 2.45) is 5.92 Å². The number of nitrogens with one attached hydrogen (secondary N) is 2. The van der Waals surface area contributed by atoms with Crippen LogP contribution in [-0.4, -0.2) is 11.9 Å². The van der Waals surface area contributed by atoms with E-state index in [9.17, 15) is 4.79 Å². The maximum absolute atomic E-state index is 11.8. The summed E-state index contributed by atoms with van der Waals surface area (Å²) >= 11 is 0. The topological polar surface area (TPSA) is 41.1 Å². The first-order valence-corrected chi connectivity index (χ1v) is 7.29. The van der Waals surface area contributed by atoms with Crippen LogP contribution < -0.4 is 10.6 Å². The maximum Gasteiger partial charge on any atom is 0.224 e. The van der Waals surface area contributed by atoms with Gasteiger partial charge in [0.1, 0.15) is 0 Å². The van der Waals surface area contributed by atoms with E-state index in [0.29, 0.717) is 12.3 Å². The van der Waals surface area contributed by atoms with Gasteiger partial charge in [-0.25, -0.2) is 0 Å². The second-order valence-electron chi connectivity index (χ2n) is 5.62. The van der Waals surface area contributed by atoms with E-state index >= 15 is 0 Å². The molecule has 1 amide bonds. The summed E-state index contributed by atoms with van der Waals surface area (Å²) in [6, 6.07) is 8.86. The third kappa shape index (κ3) is 5.03. The Balaban J connectivity index is 1.78. The van der Waals surface area contributed by atoms with Crippen molar-refractivity contribution in [3.63, 3.8) is 0 Å². The van der Waals surface area contributed by atoms with Crippen LogP contribution in [0.5, 0.6) is 0 Å². The van der Waals surface area contributed by atoms with Gasteiger partial charge in [0.05, 0.1) is 0 Å². The Morgan fingerprint density at radius 3 is 2.58 bits per heavy atom. The van der Waals surface area contributed by atoms with Gasteiger partial charge < -0.3 is 10.6 Å². The Morgan fingerprint density at radius 1 is 1.32 bits per heavy atom. The van der Waals surface area contributed by atoms with Crippen LogP contribution in [0.25, 0.3) is 0 Å². The summed E-state index contributed by atoms with van der Waals surface area (Å²) in [6.45, 7) is 5.14. The molecule has 1 aromatic carbocycles. The van der Waals surface area contributed by atoms with E-state index in [4.69, 9.17) is 0 Å². The second kappa shape index (κ2) is 6.71. The van der Waals surface area contributed by atoms with Crippen LogP contribution in [-0.2, 0) is 11.3 Å². The average Bonchev–Trinajstić information content (AvgIpc) is 3.21. The lowest BCUT2D eigenvalue weighted by molar-refractivity contribution is -0.117. The van der Waals surface area contributed by atoms with Crippen LogP contribution >= 0.6 is 0 Å². The molecule has 0 saturated heterocycles. The minimum atomic E-state index is 0.109. The molecule has 104 valence electrons. The highest BCUT2D eigenvalue weighted by molar-refractivity contribution is 5.90. The van der Waals surface area contributed by atoms with E-state index in [1.54, 1.807) is 0 Å². The van der Waals surface area contributed by atoms with Gasteiger partial charge in [-0.3, -0.25) is 4.79 Å². The molecular weight excluding hydrogens is 236 g/mol. The first kappa shape index (κ1) is 14.1. The van der Waals surface area contributed by atoms with Crippen molar-refractivity contribution < 1.29 is 4.79 Å². The van der Waals surface area contributed by atoms with Gasteiger partial charge >= 0.3 is 0 Å². The zero-order valence-corrected chi connectivity index (χ0v) is 11.9. The van der Waals surface area contributed by atoms with Gasteiger partial charge in [-0.05, 0) is 36.5 Å². The molecule has 2 N–H and O–H groups in total. The molecule has 0 spiro atoms. The minimum Gasteiger partial charge on any atom is -0.326 e. The molecule has 1 unspecified atom stereocenters. The number of hydrogen-bond acceptors (Lipinski definition) is 2. The van der Waals surface area contributed by atoms with Gasteiger partial charge in [0.2, 0.25) is 5.91 Å². The fourth-order valence-corrected chi connectivity index (χ4v) is 1.93. The average molecular weight is 260 g/mol. The number of benzene rings is 1. The molecule has 3 heteroatoms. The molecule has 1 saturated carbocycles. The Hall–Kier alpha value is -1.35. The summed E-state index contributed by atoms with van der Waals surface area (Å²) in [5, 5.41) is 6.43. The normalized spacial score (nSPS) is 16.1. The highest BCUT2D eigenvalue weighted by atomic mass is 16.1. The number of carbonyl (C=O) groups is 1. The Morgan fingerprint density at radius 2 is 2.00 bits per heavy atom. The number of rotatable bonds is 7. The standard InChI is InChI=1S/C16H24N2O/c1-3-12(2)10-16(19)18-15-6-4-13(5-7-15)11-17-14-8-9-14/h4-7,12,14,17H,3,8-11H2,1-2H3,(H,18,19). The third-order valence-corrected chi connectivity index (χ3v) is 3.64. The summed E-state index contributed by atoms with van der Waals surface area (Å²) in [6.07, 6.45) is 4.26. The fraction of sp³-hybridized carbons (Fsp3) is 0.562. The summed E-state index contributed by atoms with van der Waals surface area (Å²) < 4.78 is 0. The van der Waals surface area contributed by atoms with E-state index in [-0.39, 0.29) is 5.91 Å².